The first-order valence-corrected chi connectivity index (χ1v) is 6.32. The molecule has 0 spiro atoms. The highest BCUT2D eigenvalue weighted by Crippen LogP contribution is 2.27. The van der Waals surface area contributed by atoms with Crippen molar-refractivity contribution in [3.05, 3.63) is 0 Å². The number of amides is 2. The van der Waals surface area contributed by atoms with Gasteiger partial charge in [-0.15, -0.1) is 0 Å². The smallest absolute Gasteiger partial charge is 0.315 e. The van der Waals surface area contributed by atoms with E-state index < -0.39 is 0 Å². The minimum atomic E-state index is 0.00510. The number of carbonyl (C=O) groups excluding carboxylic acids is 1. The maximum Gasteiger partial charge on any atom is 0.315 e. The molecule has 2 atom stereocenters. The molecular weight excluding hydrogens is 188 g/mol. The lowest BCUT2D eigenvalue weighted by atomic mass is 9.82. The van der Waals surface area contributed by atoms with Crippen LogP contribution in [0.5, 0.6) is 0 Å². The van der Waals surface area contributed by atoms with E-state index in [1.165, 1.54) is 32.1 Å². The van der Waals surface area contributed by atoms with Crippen molar-refractivity contribution in [2.24, 2.45) is 5.92 Å². The molecule has 0 saturated heterocycles. The number of hydrogen-bond donors (Lipinski definition) is 2. The van der Waals surface area contributed by atoms with Crippen LogP contribution in [0.3, 0.4) is 0 Å². The first-order chi connectivity index (χ1) is 7.27. The quantitative estimate of drug-likeness (QED) is 0.739. The van der Waals surface area contributed by atoms with Crippen LogP contribution in [0, 0.1) is 5.92 Å². The minimum absolute atomic E-state index is 0.00510. The van der Waals surface area contributed by atoms with Gasteiger partial charge in [0.15, 0.2) is 0 Å². The van der Waals surface area contributed by atoms with E-state index in [1.54, 1.807) is 0 Å². The summed E-state index contributed by atoms with van der Waals surface area (Å²) < 4.78 is 0. The van der Waals surface area contributed by atoms with Gasteiger partial charge in [0, 0.05) is 12.6 Å². The maximum absolute atomic E-state index is 11.4. The van der Waals surface area contributed by atoms with Crippen molar-refractivity contribution in [3.63, 3.8) is 0 Å². The molecule has 3 nitrogen and oxygen atoms in total. The van der Waals surface area contributed by atoms with Gasteiger partial charge in [-0.1, -0.05) is 26.2 Å². The number of urea groups is 1. The van der Waals surface area contributed by atoms with E-state index in [9.17, 15) is 4.79 Å². The molecule has 2 amide bonds. The Labute approximate surface area is 93.0 Å². The lowest BCUT2D eigenvalue weighted by molar-refractivity contribution is 0.214. The van der Waals surface area contributed by atoms with Gasteiger partial charge >= 0.3 is 6.03 Å². The average Bonchev–Trinajstić information content (AvgIpc) is 2.21. The predicted molar refractivity (Wildman–Crippen MR) is 62.9 cm³/mol. The first kappa shape index (κ1) is 12.3. The Morgan fingerprint density at radius 2 is 2.00 bits per heavy atom. The average molecular weight is 212 g/mol. The first-order valence-electron chi connectivity index (χ1n) is 6.32. The summed E-state index contributed by atoms with van der Waals surface area (Å²) in [5.41, 5.74) is 0. The summed E-state index contributed by atoms with van der Waals surface area (Å²) in [5.74, 6) is 0.700. The largest absolute Gasteiger partial charge is 0.338 e. The molecule has 0 unspecified atom stereocenters. The number of hydrogen-bond acceptors (Lipinski definition) is 1. The molecule has 1 aliphatic rings. The van der Waals surface area contributed by atoms with Gasteiger partial charge in [0.1, 0.15) is 0 Å². The molecule has 1 rings (SSSR count). The molecule has 88 valence electrons. The van der Waals surface area contributed by atoms with Crippen LogP contribution in [0.25, 0.3) is 0 Å². The highest BCUT2D eigenvalue weighted by Gasteiger charge is 2.25. The topological polar surface area (TPSA) is 41.1 Å². The summed E-state index contributed by atoms with van der Waals surface area (Å²) in [6, 6.07) is 0.413. The van der Waals surface area contributed by atoms with Crippen molar-refractivity contribution in [1.82, 2.24) is 10.6 Å². The zero-order chi connectivity index (χ0) is 11.1. The Bertz CT molecular complexity index is 192. The van der Waals surface area contributed by atoms with Crippen LogP contribution in [-0.2, 0) is 0 Å². The van der Waals surface area contributed by atoms with Crippen LogP contribution >= 0.6 is 0 Å². The molecular formula is C12H24N2O. The van der Waals surface area contributed by atoms with Gasteiger partial charge in [-0.2, -0.15) is 0 Å². The second-order valence-electron chi connectivity index (χ2n) is 4.44. The highest BCUT2D eigenvalue weighted by atomic mass is 16.2. The predicted octanol–water partition coefficient (Wildman–Crippen LogP) is 2.66. The summed E-state index contributed by atoms with van der Waals surface area (Å²) in [5, 5.41) is 5.91. The summed E-state index contributed by atoms with van der Waals surface area (Å²) in [7, 11) is 0. The SMILES string of the molecule is CCC[C@@H]1CCCC[C@@H]1NC(=O)NCC. The molecule has 1 aliphatic carbocycles. The van der Waals surface area contributed by atoms with Crippen LogP contribution in [0.2, 0.25) is 0 Å². The minimum Gasteiger partial charge on any atom is -0.338 e. The Hall–Kier alpha value is -0.730. The van der Waals surface area contributed by atoms with Crippen LogP contribution in [-0.4, -0.2) is 18.6 Å². The number of carbonyl (C=O) groups is 1. The van der Waals surface area contributed by atoms with Crippen LogP contribution in [0.15, 0.2) is 0 Å². The second-order valence-corrected chi connectivity index (χ2v) is 4.44. The third-order valence-corrected chi connectivity index (χ3v) is 3.22. The van der Waals surface area contributed by atoms with Crippen molar-refractivity contribution in [2.45, 2.75) is 58.4 Å². The van der Waals surface area contributed by atoms with Gasteiger partial charge < -0.3 is 10.6 Å². The zero-order valence-electron chi connectivity index (χ0n) is 10.0. The van der Waals surface area contributed by atoms with Gasteiger partial charge in [0.2, 0.25) is 0 Å². The zero-order valence-corrected chi connectivity index (χ0v) is 10.0. The number of nitrogens with one attached hydrogen (secondary N) is 2. The fourth-order valence-corrected chi connectivity index (χ4v) is 2.49. The monoisotopic (exact) mass is 212 g/mol. The molecule has 3 heteroatoms. The molecule has 0 aromatic rings. The van der Waals surface area contributed by atoms with Crippen molar-refractivity contribution in [2.75, 3.05) is 6.54 Å². The van der Waals surface area contributed by atoms with Crippen molar-refractivity contribution in [1.29, 1.82) is 0 Å². The van der Waals surface area contributed by atoms with Crippen LogP contribution in [0.1, 0.15) is 52.4 Å². The molecule has 1 fully saturated rings. The van der Waals surface area contributed by atoms with E-state index in [-0.39, 0.29) is 6.03 Å². The second kappa shape index (κ2) is 6.70. The molecule has 1 saturated carbocycles. The molecule has 0 aromatic carbocycles. The summed E-state index contributed by atoms with van der Waals surface area (Å²) in [4.78, 5) is 11.4. The Morgan fingerprint density at radius 3 is 2.67 bits per heavy atom. The fraction of sp³-hybridized carbons (Fsp3) is 0.917. The lowest BCUT2D eigenvalue weighted by Crippen LogP contribution is -2.46. The van der Waals surface area contributed by atoms with Gasteiger partial charge in [0.25, 0.3) is 0 Å². The van der Waals surface area contributed by atoms with E-state index in [1.807, 2.05) is 6.92 Å². The third kappa shape index (κ3) is 4.10. The Kier molecular flexibility index (Phi) is 5.51. The summed E-state index contributed by atoms with van der Waals surface area (Å²) in [6.45, 7) is 4.87. The molecule has 15 heavy (non-hydrogen) atoms. The molecule has 0 aromatic heterocycles. The maximum atomic E-state index is 11.4. The van der Waals surface area contributed by atoms with Crippen molar-refractivity contribution in [3.8, 4) is 0 Å². The van der Waals surface area contributed by atoms with Gasteiger partial charge in [-0.05, 0) is 32.1 Å². The van der Waals surface area contributed by atoms with Gasteiger partial charge in [0.05, 0.1) is 0 Å². The van der Waals surface area contributed by atoms with E-state index in [4.69, 9.17) is 0 Å². The fourth-order valence-electron chi connectivity index (χ4n) is 2.49. The van der Waals surface area contributed by atoms with Crippen molar-refractivity contribution >= 4 is 6.03 Å². The van der Waals surface area contributed by atoms with Gasteiger partial charge in [-0.25, -0.2) is 4.79 Å². The van der Waals surface area contributed by atoms with E-state index in [0.717, 1.165) is 6.42 Å². The Balaban J connectivity index is 2.38. The summed E-state index contributed by atoms with van der Waals surface area (Å²) >= 11 is 0. The highest BCUT2D eigenvalue weighted by molar-refractivity contribution is 5.74. The Morgan fingerprint density at radius 1 is 1.27 bits per heavy atom. The molecule has 0 radical (unpaired) electrons. The molecule has 2 N–H and O–H groups in total. The summed E-state index contributed by atoms with van der Waals surface area (Å²) in [6.07, 6.45) is 7.50. The molecule has 0 heterocycles. The van der Waals surface area contributed by atoms with Gasteiger partial charge in [-0.3, -0.25) is 0 Å². The standard InChI is InChI=1S/C12H24N2O/c1-3-7-10-8-5-6-9-11(10)14-12(15)13-4-2/h10-11H,3-9H2,1-2H3,(H2,13,14,15)/t10-,11+/m1/s1. The van der Waals surface area contributed by atoms with E-state index >= 15 is 0 Å². The normalized spacial score (nSPS) is 26.0. The number of rotatable bonds is 4. The third-order valence-electron chi connectivity index (χ3n) is 3.22. The molecule has 0 bridgehead atoms. The van der Waals surface area contributed by atoms with Crippen LogP contribution in [0.4, 0.5) is 4.79 Å². The van der Waals surface area contributed by atoms with Crippen LogP contribution < -0.4 is 10.6 Å². The van der Waals surface area contributed by atoms with E-state index in [2.05, 4.69) is 17.6 Å². The molecule has 0 aliphatic heterocycles. The lowest BCUT2D eigenvalue weighted by Gasteiger charge is -2.32. The van der Waals surface area contributed by atoms with E-state index in [0.29, 0.717) is 18.5 Å². The van der Waals surface area contributed by atoms with Crippen molar-refractivity contribution < 1.29 is 4.79 Å².